The molecule has 0 aliphatic rings. The van der Waals surface area contributed by atoms with E-state index < -0.39 is 76.1 Å². The number of nitrogens with one attached hydrogen (secondary N) is 4. The number of amides is 5. The lowest BCUT2D eigenvalue weighted by molar-refractivity contribution is -0.385. The maximum absolute atomic E-state index is 13.6. The normalized spacial score (nSPS) is 12.1. The minimum Gasteiger partial charge on any atom is -0.368 e. The molecule has 40 heavy (non-hydrogen) atoms. The topological polar surface area (TPSA) is 203 Å². The summed E-state index contributed by atoms with van der Waals surface area (Å²) in [5, 5.41) is 21.0. The van der Waals surface area contributed by atoms with E-state index in [0.717, 1.165) is 17.7 Å². The average Bonchev–Trinajstić information content (AvgIpc) is 2.89. The largest absolute Gasteiger partial charge is 0.368 e. The molecule has 0 radical (unpaired) electrons. The van der Waals surface area contributed by atoms with Crippen molar-refractivity contribution in [1.29, 1.82) is 0 Å². The van der Waals surface area contributed by atoms with E-state index in [1.54, 1.807) is 44.2 Å². The van der Waals surface area contributed by atoms with Gasteiger partial charge in [0.15, 0.2) is 0 Å². The highest BCUT2D eigenvalue weighted by Crippen LogP contribution is 2.20. The van der Waals surface area contributed by atoms with Crippen LogP contribution in [-0.4, -0.2) is 59.6 Å². The molecule has 0 heterocycles. The van der Waals surface area contributed by atoms with Gasteiger partial charge >= 0.3 is 0 Å². The van der Waals surface area contributed by atoms with Crippen molar-refractivity contribution in [3.8, 4) is 0 Å². The van der Waals surface area contributed by atoms with Crippen molar-refractivity contribution in [2.75, 3.05) is 13.1 Å². The minimum absolute atomic E-state index is 0.136. The van der Waals surface area contributed by atoms with Crippen molar-refractivity contribution in [2.24, 2.45) is 11.7 Å². The Morgan fingerprint density at radius 2 is 1.65 bits per heavy atom. The van der Waals surface area contributed by atoms with Crippen LogP contribution in [-0.2, 0) is 25.6 Å². The van der Waals surface area contributed by atoms with E-state index in [2.05, 4.69) is 21.3 Å². The van der Waals surface area contributed by atoms with Gasteiger partial charge in [-0.1, -0.05) is 44.2 Å². The third-order valence-corrected chi connectivity index (χ3v) is 5.66. The number of nitro benzene ring substituents is 1. The lowest BCUT2D eigenvalue weighted by Crippen LogP contribution is -2.51. The van der Waals surface area contributed by atoms with Gasteiger partial charge in [-0.3, -0.25) is 34.1 Å². The SMILES string of the molecule is CC(C)[C@H](NC(=O)c1cc([18F])ccc1[N+](=O)[O-])C(=O)NCCC(=O)N[C@@H](Cc1ccccc1)C(=O)NCC(N)=O. The first kappa shape index (κ1) is 31.3. The first-order chi connectivity index (χ1) is 18.9. The van der Waals surface area contributed by atoms with Crippen LogP contribution in [0.25, 0.3) is 0 Å². The number of rotatable bonds is 14. The first-order valence-corrected chi connectivity index (χ1v) is 12.3. The number of nitrogens with two attached hydrogens (primary N) is 1. The van der Waals surface area contributed by atoms with Gasteiger partial charge in [0.25, 0.3) is 11.6 Å². The summed E-state index contributed by atoms with van der Waals surface area (Å²) in [5.74, 6) is -4.95. The van der Waals surface area contributed by atoms with Crippen LogP contribution in [0.1, 0.15) is 36.2 Å². The van der Waals surface area contributed by atoms with Crippen molar-refractivity contribution in [3.05, 3.63) is 75.6 Å². The molecule has 6 N–H and O–H groups in total. The van der Waals surface area contributed by atoms with E-state index in [4.69, 9.17) is 5.73 Å². The van der Waals surface area contributed by atoms with Gasteiger partial charge in [0.2, 0.25) is 23.6 Å². The molecule has 14 heteroatoms. The highest BCUT2D eigenvalue weighted by atomic mass is 18.2. The summed E-state index contributed by atoms with van der Waals surface area (Å²) in [6, 6.07) is 9.09. The molecule has 0 spiro atoms. The van der Waals surface area contributed by atoms with Gasteiger partial charge in [-0.2, -0.15) is 0 Å². The highest BCUT2D eigenvalue weighted by Gasteiger charge is 2.28. The Bertz CT molecular complexity index is 1260. The van der Waals surface area contributed by atoms with Gasteiger partial charge in [0.05, 0.1) is 11.5 Å². The van der Waals surface area contributed by atoms with Crippen LogP contribution in [0.2, 0.25) is 0 Å². The second-order valence-corrected chi connectivity index (χ2v) is 9.15. The van der Waals surface area contributed by atoms with Gasteiger partial charge < -0.3 is 27.0 Å². The molecule has 2 aromatic carbocycles. The number of halogens is 1. The van der Waals surface area contributed by atoms with Gasteiger partial charge in [-0.15, -0.1) is 0 Å². The van der Waals surface area contributed by atoms with Crippen LogP contribution in [0.5, 0.6) is 0 Å². The molecule has 2 rings (SSSR count). The van der Waals surface area contributed by atoms with Crippen LogP contribution in [0.3, 0.4) is 0 Å². The molecule has 0 saturated carbocycles. The van der Waals surface area contributed by atoms with E-state index in [1.165, 1.54) is 0 Å². The number of benzene rings is 2. The van der Waals surface area contributed by atoms with E-state index in [1.807, 2.05) is 0 Å². The van der Waals surface area contributed by atoms with Crippen LogP contribution in [0.15, 0.2) is 48.5 Å². The molecule has 2 atom stereocenters. The van der Waals surface area contributed by atoms with Crippen LogP contribution < -0.4 is 27.0 Å². The van der Waals surface area contributed by atoms with Crippen molar-refractivity contribution in [1.82, 2.24) is 21.3 Å². The van der Waals surface area contributed by atoms with Gasteiger partial charge in [0, 0.05) is 25.5 Å². The molecule has 0 aromatic heterocycles. The Hall–Kier alpha value is -4.88. The van der Waals surface area contributed by atoms with Gasteiger partial charge in [0.1, 0.15) is 23.5 Å². The zero-order valence-corrected chi connectivity index (χ0v) is 21.9. The monoisotopic (exact) mass is 557 g/mol. The summed E-state index contributed by atoms with van der Waals surface area (Å²) in [7, 11) is 0. The van der Waals surface area contributed by atoms with E-state index in [-0.39, 0.29) is 19.4 Å². The van der Waals surface area contributed by atoms with Crippen LogP contribution >= 0.6 is 0 Å². The van der Waals surface area contributed by atoms with Crippen molar-refractivity contribution in [3.63, 3.8) is 0 Å². The Morgan fingerprint density at radius 1 is 0.975 bits per heavy atom. The van der Waals surface area contributed by atoms with Crippen LogP contribution in [0.4, 0.5) is 10.1 Å². The van der Waals surface area contributed by atoms with E-state index in [9.17, 15) is 38.5 Å². The first-order valence-electron chi connectivity index (χ1n) is 12.3. The fourth-order valence-electron chi connectivity index (χ4n) is 3.64. The summed E-state index contributed by atoms with van der Waals surface area (Å²) in [4.78, 5) is 71.9. The minimum atomic E-state index is -1.15. The smallest absolute Gasteiger partial charge is 0.282 e. The highest BCUT2D eigenvalue weighted by molar-refractivity contribution is 6.00. The van der Waals surface area contributed by atoms with Gasteiger partial charge in [-0.25, -0.2) is 4.39 Å². The molecule has 2 aromatic rings. The number of carbonyl (C=O) groups is 5. The van der Waals surface area contributed by atoms with Crippen molar-refractivity contribution in [2.45, 2.75) is 38.8 Å². The second-order valence-electron chi connectivity index (χ2n) is 9.15. The number of nitrogens with zero attached hydrogens (tertiary/aromatic N) is 1. The van der Waals surface area contributed by atoms with Crippen molar-refractivity contribution >= 4 is 35.2 Å². The predicted molar refractivity (Wildman–Crippen MR) is 141 cm³/mol. The van der Waals surface area contributed by atoms with E-state index in [0.29, 0.717) is 6.07 Å². The number of carbonyl (C=O) groups excluding carboxylic acids is 5. The number of hydrogen-bond donors (Lipinski definition) is 5. The Morgan fingerprint density at radius 3 is 2.25 bits per heavy atom. The zero-order valence-electron chi connectivity index (χ0n) is 21.9. The molecule has 13 nitrogen and oxygen atoms in total. The summed E-state index contributed by atoms with van der Waals surface area (Å²) in [6.45, 7) is 2.67. The average molecular weight is 558 g/mol. The molecule has 0 fully saturated rings. The lowest BCUT2D eigenvalue weighted by Gasteiger charge is -2.22. The second kappa shape index (κ2) is 14.9. The lowest BCUT2D eigenvalue weighted by atomic mass is 10.0. The molecule has 0 saturated heterocycles. The maximum Gasteiger partial charge on any atom is 0.282 e. The summed E-state index contributed by atoms with van der Waals surface area (Å²) in [5.41, 5.74) is 4.66. The molecule has 5 amide bonds. The third-order valence-electron chi connectivity index (χ3n) is 5.66. The van der Waals surface area contributed by atoms with E-state index >= 15 is 0 Å². The number of nitro groups is 1. The molecular formula is C26H31FN6O7. The Labute approximate surface area is 229 Å². The molecule has 0 bridgehead atoms. The van der Waals surface area contributed by atoms with Crippen LogP contribution in [0, 0.1) is 21.8 Å². The third kappa shape index (κ3) is 9.78. The summed E-state index contributed by atoms with van der Waals surface area (Å²) < 4.78 is 13.6. The Kier molecular flexibility index (Phi) is 11.7. The standard InChI is InChI=1S/C26H31FN6O7/c1-15(2)23(32-24(36)18-13-17(27)8-9-20(18)33(39)40)26(38)29-11-10-22(35)31-19(25(37)30-14-21(28)34)12-16-6-4-3-5-7-16/h3-9,13,15,19,23H,10-12,14H2,1-2H3,(H2,28,34)(H,29,38)(H,30,37)(H,31,35)(H,32,36)/t19-,23-/m0/s1/i27-1. The maximum atomic E-state index is 13.6. The predicted octanol–water partition coefficient (Wildman–Crippen LogP) is 0.324. The zero-order chi connectivity index (χ0) is 29.8. The summed E-state index contributed by atoms with van der Waals surface area (Å²) >= 11 is 0. The van der Waals surface area contributed by atoms with Gasteiger partial charge in [-0.05, 0) is 23.6 Å². The number of primary amides is 1. The summed E-state index contributed by atoms with van der Waals surface area (Å²) in [6.07, 6.45) is -0.0918. The van der Waals surface area contributed by atoms with Crippen molar-refractivity contribution < 1.29 is 33.3 Å². The molecule has 0 aliphatic heterocycles. The number of hydrogen-bond acceptors (Lipinski definition) is 7. The molecule has 0 unspecified atom stereocenters. The molecular weight excluding hydrogens is 526 g/mol. The molecule has 214 valence electrons. The fraction of sp³-hybridized carbons (Fsp3) is 0.346. The molecule has 0 aliphatic carbocycles. The Balaban J connectivity index is 1.99. The fourth-order valence-corrected chi connectivity index (χ4v) is 3.64. The quantitative estimate of drug-likeness (QED) is 0.162.